The number of likely N-dealkylation sites (tertiary alicyclic amines) is 1. The highest BCUT2D eigenvalue weighted by Crippen LogP contribution is 2.30. The van der Waals surface area contributed by atoms with Crippen molar-refractivity contribution in [1.29, 1.82) is 0 Å². The monoisotopic (exact) mass is 282 g/mol. The van der Waals surface area contributed by atoms with Gasteiger partial charge in [-0.3, -0.25) is 4.79 Å². The van der Waals surface area contributed by atoms with Crippen molar-refractivity contribution in [2.45, 2.75) is 40.0 Å². The SMILES string of the molecule is CCNc1nnc(C(=O)N2CCCC(C)(C)CC2)s1. The lowest BCUT2D eigenvalue weighted by atomic mass is 9.85. The van der Waals surface area contributed by atoms with Gasteiger partial charge >= 0.3 is 0 Å². The molecule has 1 N–H and O–H groups in total. The van der Waals surface area contributed by atoms with Gasteiger partial charge in [0, 0.05) is 19.6 Å². The van der Waals surface area contributed by atoms with Crippen molar-refractivity contribution in [3.8, 4) is 0 Å². The zero-order valence-corrected chi connectivity index (χ0v) is 12.7. The van der Waals surface area contributed by atoms with Crippen LogP contribution in [-0.2, 0) is 0 Å². The predicted molar refractivity (Wildman–Crippen MR) is 77.6 cm³/mol. The second-order valence-corrected chi connectivity index (χ2v) is 6.73. The molecule has 1 saturated heterocycles. The summed E-state index contributed by atoms with van der Waals surface area (Å²) in [6.07, 6.45) is 3.30. The Labute approximate surface area is 118 Å². The molecule has 0 bridgehead atoms. The molecule has 1 aromatic rings. The molecule has 0 radical (unpaired) electrons. The second-order valence-electron chi connectivity index (χ2n) is 5.75. The third kappa shape index (κ3) is 3.65. The fourth-order valence-corrected chi connectivity index (χ4v) is 3.07. The Morgan fingerprint density at radius 2 is 2.16 bits per heavy atom. The summed E-state index contributed by atoms with van der Waals surface area (Å²) in [5, 5.41) is 12.3. The van der Waals surface area contributed by atoms with Gasteiger partial charge in [0.05, 0.1) is 0 Å². The van der Waals surface area contributed by atoms with Crippen LogP contribution in [0.25, 0.3) is 0 Å². The van der Waals surface area contributed by atoms with Gasteiger partial charge in [-0.15, -0.1) is 10.2 Å². The number of nitrogens with zero attached hydrogens (tertiary/aromatic N) is 3. The maximum atomic E-state index is 12.4. The summed E-state index contributed by atoms with van der Waals surface area (Å²) in [4.78, 5) is 14.3. The van der Waals surface area contributed by atoms with E-state index < -0.39 is 0 Å². The average Bonchev–Trinajstić information content (AvgIpc) is 2.74. The molecule has 2 heterocycles. The van der Waals surface area contributed by atoms with E-state index in [9.17, 15) is 4.79 Å². The number of carbonyl (C=O) groups is 1. The number of amides is 1. The van der Waals surface area contributed by atoms with Crippen LogP contribution in [0.4, 0.5) is 5.13 Å². The molecule has 0 atom stereocenters. The Morgan fingerprint density at radius 3 is 2.89 bits per heavy atom. The van der Waals surface area contributed by atoms with Crippen molar-refractivity contribution in [2.75, 3.05) is 25.0 Å². The number of carbonyl (C=O) groups excluding carboxylic acids is 1. The first-order chi connectivity index (χ1) is 9.02. The lowest BCUT2D eigenvalue weighted by Crippen LogP contribution is -2.32. The molecule has 0 saturated carbocycles. The van der Waals surface area contributed by atoms with Crippen molar-refractivity contribution in [2.24, 2.45) is 5.41 Å². The van der Waals surface area contributed by atoms with Crippen LogP contribution >= 0.6 is 11.3 Å². The van der Waals surface area contributed by atoms with Crippen molar-refractivity contribution in [3.63, 3.8) is 0 Å². The minimum atomic E-state index is 0.0272. The fraction of sp³-hybridized carbons (Fsp3) is 0.769. The minimum Gasteiger partial charge on any atom is -0.360 e. The second kappa shape index (κ2) is 5.86. The van der Waals surface area contributed by atoms with Crippen molar-refractivity contribution < 1.29 is 4.79 Å². The summed E-state index contributed by atoms with van der Waals surface area (Å²) in [6, 6.07) is 0. The molecule has 106 valence electrons. The summed E-state index contributed by atoms with van der Waals surface area (Å²) in [5.41, 5.74) is 0.338. The Hall–Kier alpha value is -1.17. The summed E-state index contributed by atoms with van der Waals surface area (Å²) in [6.45, 7) is 8.99. The number of anilines is 1. The highest BCUT2D eigenvalue weighted by molar-refractivity contribution is 7.17. The van der Waals surface area contributed by atoms with Crippen molar-refractivity contribution >= 4 is 22.4 Å². The molecule has 1 amide bonds. The molecule has 0 aromatic carbocycles. The van der Waals surface area contributed by atoms with Crippen LogP contribution in [-0.4, -0.2) is 40.6 Å². The van der Waals surface area contributed by atoms with Crippen LogP contribution in [0.3, 0.4) is 0 Å². The third-order valence-corrected chi connectivity index (χ3v) is 4.43. The number of hydrogen-bond donors (Lipinski definition) is 1. The highest BCUT2D eigenvalue weighted by Gasteiger charge is 2.27. The van der Waals surface area contributed by atoms with Gasteiger partial charge in [0.1, 0.15) is 0 Å². The van der Waals surface area contributed by atoms with E-state index in [-0.39, 0.29) is 5.91 Å². The molecule has 1 aliphatic rings. The Kier molecular flexibility index (Phi) is 4.39. The zero-order chi connectivity index (χ0) is 13.9. The molecule has 19 heavy (non-hydrogen) atoms. The van der Waals surface area contributed by atoms with Gasteiger partial charge in [0.15, 0.2) is 0 Å². The van der Waals surface area contributed by atoms with E-state index in [2.05, 4.69) is 29.4 Å². The summed E-state index contributed by atoms with van der Waals surface area (Å²) >= 11 is 1.34. The Morgan fingerprint density at radius 1 is 1.37 bits per heavy atom. The largest absolute Gasteiger partial charge is 0.360 e. The fourth-order valence-electron chi connectivity index (χ4n) is 2.29. The van der Waals surface area contributed by atoms with Crippen molar-refractivity contribution in [1.82, 2.24) is 15.1 Å². The van der Waals surface area contributed by atoms with E-state index >= 15 is 0 Å². The molecule has 6 heteroatoms. The first-order valence-electron chi connectivity index (χ1n) is 6.88. The first-order valence-corrected chi connectivity index (χ1v) is 7.70. The third-order valence-electron chi connectivity index (χ3n) is 3.56. The number of hydrogen-bond acceptors (Lipinski definition) is 5. The Bertz CT molecular complexity index is 444. The maximum absolute atomic E-state index is 12.4. The quantitative estimate of drug-likeness (QED) is 0.926. The maximum Gasteiger partial charge on any atom is 0.284 e. The smallest absolute Gasteiger partial charge is 0.284 e. The lowest BCUT2D eigenvalue weighted by Gasteiger charge is -2.22. The normalized spacial score (nSPS) is 19.0. The average molecular weight is 282 g/mol. The van der Waals surface area contributed by atoms with E-state index in [4.69, 9.17) is 0 Å². The molecular weight excluding hydrogens is 260 g/mol. The van der Waals surface area contributed by atoms with E-state index in [0.717, 1.165) is 37.6 Å². The molecule has 1 fully saturated rings. The van der Waals surface area contributed by atoms with Gasteiger partial charge in [-0.25, -0.2) is 0 Å². The van der Waals surface area contributed by atoms with Crippen LogP contribution in [0.1, 0.15) is 49.8 Å². The number of nitrogens with one attached hydrogen (secondary N) is 1. The van der Waals surface area contributed by atoms with Gasteiger partial charge in [-0.1, -0.05) is 25.2 Å². The first kappa shape index (κ1) is 14.2. The van der Waals surface area contributed by atoms with Gasteiger partial charge in [-0.05, 0) is 31.6 Å². The van der Waals surface area contributed by atoms with Gasteiger partial charge in [0.2, 0.25) is 10.1 Å². The van der Waals surface area contributed by atoms with Gasteiger partial charge in [0.25, 0.3) is 5.91 Å². The van der Waals surface area contributed by atoms with Gasteiger partial charge in [-0.2, -0.15) is 0 Å². The summed E-state index contributed by atoms with van der Waals surface area (Å²) < 4.78 is 0. The molecule has 1 aromatic heterocycles. The molecular formula is C13H22N4OS. The van der Waals surface area contributed by atoms with Gasteiger partial charge < -0.3 is 10.2 Å². The van der Waals surface area contributed by atoms with Crippen molar-refractivity contribution in [3.05, 3.63) is 5.01 Å². The van der Waals surface area contributed by atoms with E-state index in [1.807, 2.05) is 11.8 Å². The topological polar surface area (TPSA) is 58.1 Å². The summed E-state index contributed by atoms with van der Waals surface area (Å²) in [5.74, 6) is 0.0272. The van der Waals surface area contributed by atoms with E-state index in [1.54, 1.807) is 0 Å². The molecule has 0 unspecified atom stereocenters. The molecule has 0 aliphatic carbocycles. The molecule has 2 rings (SSSR count). The van der Waals surface area contributed by atoms with Crippen LogP contribution in [0, 0.1) is 5.41 Å². The predicted octanol–water partition coefficient (Wildman–Crippen LogP) is 2.62. The lowest BCUT2D eigenvalue weighted by molar-refractivity contribution is 0.0756. The zero-order valence-electron chi connectivity index (χ0n) is 11.9. The molecule has 0 spiro atoms. The van der Waals surface area contributed by atoms with E-state index in [0.29, 0.717) is 10.4 Å². The summed E-state index contributed by atoms with van der Waals surface area (Å²) in [7, 11) is 0. The van der Waals surface area contributed by atoms with Crippen LogP contribution in [0.2, 0.25) is 0 Å². The highest BCUT2D eigenvalue weighted by atomic mass is 32.1. The minimum absolute atomic E-state index is 0.0272. The number of aromatic nitrogens is 2. The van der Waals surface area contributed by atoms with E-state index in [1.165, 1.54) is 17.8 Å². The Balaban J connectivity index is 2.02. The number of rotatable bonds is 3. The van der Waals surface area contributed by atoms with Crippen LogP contribution < -0.4 is 5.32 Å². The molecule has 1 aliphatic heterocycles. The molecule has 5 nitrogen and oxygen atoms in total. The standard InChI is InChI=1S/C13H22N4OS/c1-4-14-12-16-15-10(19-12)11(18)17-8-5-6-13(2,3)7-9-17/h4-9H2,1-3H3,(H,14,16). The van der Waals surface area contributed by atoms with Crippen LogP contribution in [0.15, 0.2) is 0 Å². The van der Waals surface area contributed by atoms with Crippen LogP contribution in [0.5, 0.6) is 0 Å².